The number of carbonyl (C=O) groups excluding carboxylic acids is 1. The molecule has 0 aromatic carbocycles. The molecule has 0 atom stereocenters. The molecular weight excluding hydrogens is 322 g/mol. The smallest absolute Gasteiger partial charge is 0.387 e. The predicted molar refractivity (Wildman–Crippen MR) is 80.9 cm³/mol. The van der Waals surface area contributed by atoms with Gasteiger partial charge in [-0.1, -0.05) is 0 Å². The molecule has 0 aliphatic carbocycles. The molecule has 1 aliphatic heterocycles. The molecule has 8 heteroatoms. The largest absolute Gasteiger partial charge is 0.433 e. The summed E-state index contributed by atoms with van der Waals surface area (Å²) in [6, 6.07) is 1.91. The highest BCUT2D eigenvalue weighted by Crippen LogP contribution is 2.32. The van der Waals surface area contributed by atoms with Gasteiger partial charge in [0.2, 0.25) is 0 Å². The number of ether oxygens (including phenoxy) is 1. The maximum absolute atomic E-state index is 12.4. The first kappa shape index (κ1) is 18.1. The van der Waals surface area contributed by atoms with Crippen molar-refractivity contribution in [2.24, 2.45) is 0 Å². The summed E-state index contributed by atoms with van der Waals surface area (Å²) in [5.41, 5.74) is 0. The Morgan fingerprint density at radius 1 is 1.48 bits per heavy atom. The lowest BCUT2D eigenvalue weighted by molar-refractivity contribution is -0.0499. The number of rotatable bonds is 4. The summed E-state index contributed by atoms with van der Waals surface area (Å²) in [4.78, 5) is 15.2. The van der Waals surface area contributed by atoms with Crippen molar-refractivity contribution in [1.29, 1.82) is 0 Å². The average molecular weight is 341 g/mol. The minimum atomic E-state index is -2.91. The van der Waals surface area contributed by atoms with Crippen molar-refractivity contribution >= 4 is 29.7 Å². The Kier molecular flexibility index (Phi) is 6.83. The number of halogens is 3. The molecule has 0 spiro atoms. The molecule has 1 aromatic heterocycles. The second-order valence-electron chi connectivity index (χ2n) is 4.78. The molecule has 2 rings (SSSR count). The molecule has 1 saturated heterocycles. The Morgan fingerprint density at radius 3 is 2.62 bits per heavy atom. The fourth-order valence-corrected chi connectivity index (χ4v) is 3.25. The van der Waals surface area contributed by atoms with E-state index in [0.717, 1.165) is 17.7 Å². The zero-order valence-corrected chi connectivity index (χ0v) is 13.5. The molecule has 1 N–H and O–H groups in total. The number of likely N-dealkylation sites (tertiary alicyclic amines) is 1. The lowest BCUT2D eigenvalue weighted by atomic mass is 10.1. The van der Waals surface area contributed by atoms with E-state index >= 15 is 0 Å². The predicted octanol–water partition coefficient (Wildman–Crippen LogP) is 2.90. The number of alkyl halides is 2. The lowest BCUT2D eigenvalue weighted by Crippen LogP contribution is -2.43. The Balaban J connectivity index is 0.00000220. The molecule has 1 aromatic rings. The van der Waals surface area contributed by atoms with Crippen LogP contribution in [-0.4, -0.2) is 43.6 Å². The van der Waals surface area contributed by atoms with E-state index in [1.165, 1.54) is 17.4 Å². The summed E-state index contributed by atoms with van der Waals surface area (Å²) in [6.45, 7) is 0.128. The first-order valence-corrected chi connectivity index (χ1v) is 7.34. The van der Waals surface area contributed by atoms with E-state index < -0.39 is 6.61 Å². The van der Waals surface area contributed by atoms with E-state index in [9.17, 15) is 13.6 Å². The van der Waals surface area contributed by atoms with Crippen LogP contribution in [0.4, 0.5) is 8.78 Å². The monoisotopic (exact) mass is 340 g/mol. The third-order valence-electron chi connectivity index (χ3n) is 3.42. The molecule has 1 amide bonds. The van der Waals surface area contributed by atoms with Gasteiger partial charge in [0.05, 0.1) is 0 Å². The molecule has 2 heterocycles. The summed E-state index contributed by atoms with van der Waals surface area (Å²) in [6.07, 6.45) is 1.75. The van der Waals surface area contributed by atoms with Crippen LogP contribution in [-0.2, 0) is 0 Å². The fourth-order valence-electron chi connectivity index (χ4n) is 2.34. The van der Waals surface area contributed by atoms with Gasteiger partial charge in [0.15, 0.2) is 0 Å². The van der Waals surface area contributed by atoms with Gasteiger partial charge >= 0.3 is 6.61 Å². The van der Waals surface area contributed by atoms with Crippen molar-refractivity contribution in [2.45, 2.75) is 32.4 Å². The van der Waals surface area contributed by atoms with Crippen LogP contribution in [0.3, 0.4) is 0 Å². The van der Waals surface area contributed by atoms with Crippen molar-refractivity contribution < 1.29 is 18.3 Å². The molecule has 0 bridgehead atoms. The number of nitrogens with zero attached hydrogens (tertiary/aromatic N) is 1. The third-order valence-corrected chi connectivity index (χ3v) is 4.44. The van der Waals surface area contributed by atoms with E-state index in [-0.39, 0.29) is 28.9 Å². The minimum absolute atomic E-state index is 0. The van der Waals surface area contributed by atoms with Crippen LogP contribution in [0.2, 0.25) is 0 Å². The Bertz CT molecular complexity index is 477. The van der Waals surface area contributed by atoms with E-state index in [0.29, 0.717) is 19.1 Å². The van der Waals surface area contributed by atoms with E-state index in [4.69, 9.17) is 0 Å². The van der Waals surface area contributed by atoms with Crippen molar-refractivity contribution in [3.63, 3.8) is 0 Å². The first-order valence-electron chi connectivity index (χ1n) is 6.53. The number of amides is 1. The molecule has 1 aliphatic rings. The Labute approximate surface area is 132 Å². The number of thiophene rings is 1. The van der Waals surface area contributed by atoms with Crippen molar-refractivity contribution in [3.05, 3.63) is 15.8 Å². The molecule has 0 saturated carbocycles. The second-order valence-corrected chi connectivity index (χ2v) is 6.04. The van der Waals surface area contributed by atoms with Gasteiger partial charge in [0.25, 0.3) is 5.91 Å². The highest BCUT2D eigenvalue weighted by Gasteiger charge is 2.27. The number of nitrogens with one attached hydrogen (secondary N) is 1. The number of hydrogen-bond donors (Lipinski definition) is 1. The van der Waals surface area contributed by atoms with Crippen LogP contribution in [0.5, 0.6) is 5.75 Å². The van der Waals surface area contributed by atoms with E-state index in [1.54, 1.807) is 11.8 Å². The number of piperidine rings is 1. The van der Waals surface area contributed by atoms with Gasteiger partial charge < -0.3 is 15.0 Å². The number of carbonyl (C=O) groups is 1. The fraction of sp³-hybridized carbons (Fsp3) is 0.615. The van der Waals surface area contributed by atoms with E-state index in [1.807, 2.05) is 7.05 Å². The van der Waals surface area contributed by atoms with Crippen molar-refractivity contribution in [2.75, 3.05) is 20.1 Å². The van der Waals surface area contributed by atoms with Crippen LogP contribution in [0, 0.1) is 6.92 Å². The quantitative estimate of drug-likeness (QED) is 0.916. The number of hydrogen-bond acceptors (Lipinski definition) is 4. The Hall–Kier alpha value is -0.920. The van der Waals surface area contributed by atoms with Gasteiger partial charge in [0.1, 0.15) is 10.6 Å². The minimum Gasteiger partial charge on any atom is -0.433 e. The zero-order chi connectivity index (χ0) is 14.7. The first-order chi connectivity index (χ1) is 9.51. The van der Waals surface area contributed by atoms with E-state index in [2.05, 4.69) is 10.1 Å². The molecule has 21 heavy (non-hydrogen) atoms. The standard InChI is InChI=1S/C13H18F2N2O2S.ClH/c1-8-7-10(19-13(14)15)11(20-8)12(18)17-5-3-9(16-2)4-6-17;/h7,9,13,16H,3-6H2,1-2H3;1H. The maximum Gasteiger partial charge on any atom is 0.387 e. The average Bonchev–Trinajstić information content (AvgIpc) is 2.78. The van der Waals surface area contributed by atoms with Gasteiger partial charge in [0, 0.05) is 24.0 Å². The van der Waals surface area contributed by atoms with Gasteiger partial charge in [-0.2, -0.15) is 8.78 Å². The molecule has 0 radical (unpaired) electrons. The van der Waals surface area contributed by atoms with Crippen LogP contribution in [0.25, 0.3) is 0 Å². The topological polar surface area (TPSA) is 41.6 Å². The lowest BCUT2D eigenvalue weighted by Gasteiger charge is -2.31. The molecule has 0 unspecified atom stereocenters. The summed E-state index contributed by atoms with van der Waals surface area (Å²) in [7, 11) is 1.90. The highest BCUT2D eigenvalue weighted by molar-refractivity contribution is 7.14. The maximum atomic E-state index is 12.4. The van der Waals surface area contributed by atoms with Gasteiger partial charge in [-0.25, -0.2) is 0 Å². The van der Waals surface area contributed by atoms with Crippen LogP contribution in [0.1, 0.15) is 27.4 Å². The van der Waals surface area contributed by atoms with Crippen LogP contribution < -0.4 is 10.1 Å². The highest BCUT2D eigenvalue weighted by atomic mass is 35.5. The molecule has 120 valence electrons. The molecular formula is C13H19ClF2N2O2S. The molecule has 4 nitrogen and oxygen atoms in total. The van der Waals surface area contributed by atoms with Crippen LogP contribution >= 0.6 is 23.7 Å². The third kappa shape index (κ3) is 4.52. The number of aryl methyl sites for hydroxylation is 1. The van der Waals surface area contributed by atoms with Crippen molar-refractivity contribution in [1.82, 2.24) is 10.2 Å². The van der Waals surface area contributed by atoms with Crippen molar-refractivity contribution in [3.8, 4) is 5.75 Å². The SMILES string of the molecule is CNC1CCN(C(=O)c2sc(C)cc2OC(F)F)CC1.Cl. The van der Waals surface area contributed by atoms with Gasteiger partial charge in [-0.3, -0.25) is 4.79 Å². The summed E-state index contributed by atoms with van der Waals surface area (Å²) in [5.74, 6) is -0.225. The Morgan fingerprint density at radius 2 is 2.10 bits per heavy atom. The van der Waals surface area contributed by atoms with Gasteiger partial charge in [-0.15, -0.1) is 23.7 Å². The second kappa shape index (κ2) is 7.91. The zero-order valence-electron chi connectivity index (χ0n) is 11.9. The van der Waals surface area contributed by atoms with Crippen LogP contribution in [0.15, 0.2) is 6.07 Å². The summed E-state index contributed by atoms with van der Waals surface area (Å²) >= 11 is 1.20. The van der Waals surface area contributed by atoms with Gasteiger partial charge in [-0.05, 0) is 32.9 Å². The summed E-state index contributed by atoms with van der Waals surface area (Å²) in [5, 5.41) is 3.19. The molecule has 1 fully saturated rings. The summed E-state index contributed by atoms with van der Waals surface area (Å²) < 4.78 is 29.2. The normalized spacial score (nSPS) is 16.0.